The van der Waals surface area contributed by atoms with Crippen LogP contribution in [0.4, 0.5) is 16.2 Å². The van der Waals surface area contributed by atoms with Gasteiger partial charge in [0.05, 0.1) is 19.1 Å². The summed E-state index contributed by atoms with van der Waals surface area (Å²) >= 11 is 0. The topological polar surface area (TPSA) is 120 Å². The Labute approximate surface area is 237 Å². The van der Waals surface area contributed by atoms with Gasteiger partial charge in [-0.15, -0.1) is 0 Å². The van der Waals surface area contributed by atoms with E-state index in [0.717, 1.165) is 19.0 Å². The number of urea groups is 1. The number of ether oxygens (including phenoxy) is 1. The largest absolute Gasteiger partial charge is 0.488 e. The number of aromatic nitrogens is 1. The van der Waals surface area contributed by atoms with Gasteiger partial charge in [-0.2, -0.15) is 0 Å². The highest BCUT2D eigenvalue weighted by Gasteiger charge is 2.31. The zero-order chi connectivity index (χ0) is 28.8. The Balaban J connectivity index is 1.54. The van der Waals surface area contributed by atoms with Crippen LogP contribution in [0.2, 0.25) is 0 Å². The van der Waals surface area contributed by atoms with E-state index in [9.17, 15) is 14.7 Å². The van der Waals surface area contributed by atoms with Gasteiger partial charge in [-0.05, 0) is 64.8 Å². The highest BCUT2D eigenvalue weighted by Crippen LogP contribution is 2.30. The van der Waals surface area contributed by atoms with Crippen molar-refractivity contribution >= 4 is 23.3 Å². The van der Waals surface area contributed by atoms with Crippen LogP contribution in [0.1, 0.15) is 63.0 Å². The van der Waals surface area contributed by atoms with Crippen molar-refractivity contribution in [1.82, 2.24) is 15.0 Å². The van der Waals surface area contributed by atoms with Crippen LogP contribution >= 0.6 is 0 Å². The van der Waals surface area contributed by atoms with Gasteiger partial charge in [0.25, 0.3) is 0 Å². The van der Waals surface area contributed by atoms with Gasteiger partial charge in [0.15, 0.2) is 5.76 Å². The molecule has 3 atom stereocenters. The molecular formula is C30H45N5O5. The zero-order valence-electron chi connectivity index (χ0n) is 24.5. The summed E-state index contributed by atoms with van der Waals surface area (Å²) in [5.74, 6) is 1.86. The molecule has 1 aromatic carbocycles. The molecule has 1 fully saturated rings. The van der Waals surface area contributed by atoms with Gasteiger partial charge >= 0.3 is 6.03 Å². The summed E-state index contributed by atoms with van der Waals surface area (Å²) in [6, 6.07) is 4.67. The molecule has 0 radical (unpaired) electrons. The van der Waals surface area contributed by atoms with Crippen molar-refractivity contribution in [2.45, 2.75) is 78.4 Å². The summed E-state index contributed by atoms with van der Waals surface area (Å²) in [4.78, 5) is 30.3. The van der Waals surface area contributed by atoms with Gasteiger partial charge in [-0.25, -0.2) is 4.79 Å². The second kappa shape index (κ2) is 13.5. The molecule has 0 saturated heterocycles. The third-order valence-corrected chi connectivity index (χ3v) is 8.23. The maximum absolute atomic E-state index is 13.5. The Bertz CT molecular complexity index is 1140. The van der Waals surface area contributed by atoms with Gasteiger partial charge in [-0.1, -0.05) is 31.3 Å². The summed E-state index contributed by atoms with van der Waals surface area (Å²) in [5.41, 5.74) is 2.36. The summed E-state index contributed by atoms with van der Waals surface area (Å²) in [7, 11) is 2.15. The standard InChI is InChI=1S/C30H45N5O5/c1-19-15-35(20(2)18-36)28(37)14-24-13-25(31-30(38)32-29-21(3)33-40-22(29)4)11-12-26(24)39-27(19)17-34(5)16-23-9-7-6-8-10-23/h11-13,19-20,23,27,36H,6-10,14-18H2,1-5H3,(H2,31,32,38)/t19-,20-,27-/m1/s1. The van der Waals surface area contributed by atoms with Gasteiger partial charge in [0.2, 0.25) is 5.91 Å². The lowest BCUT2D eigenvalue weighted by molar-refractivity contribution is -0.134. The van der Waals surface area contributed by atoms with Crippen molar-refractivity contribution in [2.75, 3.05) is 43.9 Å². The normalized spacial score (nSPS) is 21.2. The minimum absolute atomic E-state index is 0.0522. The number of aliphatic hydroxyl groups is 1. The third kappa shape index (κ3) is 7.54. The van der Waals surface area contributed by atoms with Crippen molar-refractivity contribution in [3.63, 3.8) is 0 Å². The van der Waals surface area contributed by atoms with Crippen LogP contribution in [-0.4, -0.2) is 77.4 Å². The molecule has 0 unspecified atom stereocenters. The van der Waals surface area contributed by atoms with E-state index < -0.39 is 6.03 Å². The number of carbonyl (C=O) groups is 2. The lowest BCUT2D eigenvalue weighted by atomic mass is 9.89. The maximum atomic E-state index is 13.5. The fraction of sp³-hybridized carbons (Fsp3) is 0.633. The van der Waals surface area contributed by atoms with Crippen LogP contribution in [-0.2, 0) is 11.2 Å². The number of nitrogens with one attached hydrogen (secondary N) is 2. The third-order valence-electron chi connectivity index (χ3n) is 8.23. The van der Waals surface area contributed by atoms with E-state index in [1.54, 1.807) is 30.9 Å². The minimum atomic E-state index is -0.434. The Hall–Kier alpha value is -3.11. The van der Waals surface area contributed by atoms with E-state index in [1.165, 1.54) is 32.1 Å². The number of aryl methyl sites for hydroxylation is 2. The molecule has 1 aromatic heterocycles. The second-order valence-electron chi connectivity index (χ2n) is 11.7. The fourth-order valence-electron chi connectivity index (χ4n) is 5.85. The molecule has 4 rings (SSSR count). The van der Waals surface area contributed by atoms with Crippen LogP contribution < -0.4 is 15.4 Å². The second-order valence-corrected chi connectivity index (χ2v) is 11.7. The van der Waals surface area contributed by atoms with E-state index in [0.29, 0.717) is 40.7 Å². The molecule has 2 aliphatic rings. The molecule has 0 spiro atoms. The molecule has 1 aliphatic carbocycles. The van der Waals surface area contributed by atoms with Crippen LogP contribution in [0.3, 0.4) is 0 Å². The molecule has 2 aromatic rings. The molecule has 10 heteroatoms. The first-order chi connectivity index (χ1) is 19.1. The highest BCUT2D eigenvalue weighted by atomic mass is 16.5. The number of hydrogen-bond donors (Lipinski definition) is 3. The highest BCUT2D eigenvalue weighted by molar-refractivity contribution is 6.00. The number of amides is 3. The van der Waals surface area contributed by atoms with Crippen LogP contribution in [0.25, 0.3) is 0 Å². The molecule has 3 N–H and O–H groups in total. The average Bonchev–Trinajstić information content (AvgIpc) is 3.25. The monoisotopic (exact) mass is 555 g/mol. The van der Waals surface area contributed by atoms with Crippen molar-refractivity contribution in [1.29, 1.82) is 0 Å². The summed E-state index contributed by atoms with van der Waals surface area (Å²) in [5, 5.41) is 19.4. The van der Waals surface area contributed by atoms with Gasteiger partial charge < -0.3 is 34.8 Å². The minimum Gasteiger partial charge on any atom is -0.488 e. The van der Waals surface area contributed by atoms with Crippen LogP contribution in [0.5, 0.6) is 5.75 Å². The predicted molar refractivity (Wildman–Crippen MR) is 155 cm³/mol. The number of fused-ring (bicyclic) bond motifs is 1. The van der Waals surface area contributed by atoms with Crippen molar-refractivity contribution in [2.24, 2.45) is 11.8 Å². The molecular weight excluding hydrogens is 510 g/mol. The fourth-order valence-corrected chi connectivity index (χ4v) is 5.85. The van der Waals surface area contributed by atoms with E-state index in [-0.39, 0.29) is 37.0 Å². The number of rotatable bonds is 8. The molecule has 1 saturated carbocycles. The summed E-state index contributed by atoms with van der Waals surface area (Å²) in [6.07, 6.45) is 6.49. The van der Waals surface area contributed by atoms with Crippen molar-refractivity contribution < 1.29 is 24.0 Å². The lowest BCUT2D eigenvalue weighted by Gasteiger charge is -2.35. The van der Waals surface area contributed by atoms with Gasteiger partial charge in [0.1, 0.15) is 23.2 Å². The first-order valence-corrected chi connectivity index (χ1v) is 14.5. The van der Waals surface area contributed by atoms with Crippen LogP contribution in [0.15, 0.2) is 22.7 Å². The molecule has 2 heterocycles. The average molecular weight is 556 g/mol. The van der Waals surface area contributed by atoms with E-state index in [2.05, 4.69) is 34.7 Å². The smallest absolute Gasteiger partial charge is 0.323 e. The zero-order valence-corrected chi connectivity index (χ0v) is 24.5. The Morgan fingerprint density at radius 2 is 1.95 bits per heavy atom. The number of anilines is 2. The number of aliphatic hydroxyl groups excluding tert-OH is 1. The van der Waals surface area contributed by atoms with Gasteiger partial charge in [-0.3, -0.25) is 4.79 Å². The molecule has 1 aliphatic heterocycles. The molecule has 40 heavy (non-hydrogen) atoms. The number of nitrogens with zero attached hydrogens (tertiary/aromatic N) is 3. The molecule has 3 amide bonds. The van der Waals surface area contributed by atoms with Crippen LogP contribution in [0, 0.1) is 25.7 Å². The van der Waals surface area contributed by atoms with Gasteiger partial charge in [0, 0.05) is 36.8 Å². The maximum Gasteiger partial charge on any atom is 0.323 e. The first kappa shape index (κ1) is 29.9. The van der Waals surface area contributed by atoms with E-state index in [1.807, 2.05) is 13.0 Å². The number of benzene rings is 1. The molecule has 0 bridgehead atoms. The Morgan fingerprint density at radius 3 is 2.62 bits per heavy atom. The number of hydrogen-bond acceptors (Lipinski definition) is 7. The summed E-state index contributed by atoms with van der Waals surface area (Å²) < 4.78 is 11.8. The summed E-state index contributed by atoms with van der Waals surface area (Å²) in [6.45, 7) is 9.64. The van der Waals surface area contributed by atoms with Crippen molar-refractivity contribution in [3.05, 3.63) is 35.2 Å². The number of likely N-dealkylation sites (N-methyl/N-ethyl adjacent to an activating group) is 1. The Kier molecular flexibility index (Phi) is 10.1. The predicted octanol–water partition coefficient (Wildman–Crippen LogP) is 4.60. The quantitative estimate of drug-likeness (QED) is 0.436. The lowest BCUT2D eigenvalue weighted by Crippen LogP contribution is -2.48. The van der Waals surface area contributed by atoms with Crippen molar-refractivity contribution in [3.8, 4) is 5.75 Å². The Morgan fingerprint density at radius 1 is 1.20 bits per heavy atom. The first-order valence-electron chi connectivity index (χ1n) is 14.5. The van der Waals surface area contributed by atoms with E-state index >= 15 is 0 Å². The molecule has 220 valence electrons. The van der Waals surface area contributed by atoms with E-state index in [4.69, 9.17) is 9.26 Å². The number of carbonyl (C=O) groups excluding carboxylic acids is 2. The molecule has 10 nitrogen and oxygen atoms in total. The SMILES string of the molecule is Cc1noc(C)c1NC(=O)Nc1ccc2c(c1)CC(=O)N([C@H](C)CO)C[C@@H](C)[C@@H](CN(C)CC1CCCCC1)O2.